The molecule has 6 nitrogen and oxygen atoms in total. The molecule has 2 N–H and O–H groups in total. The molecule has 0 aliphatic carbocycles. The van der Waals surface area contributed by atoms with Crippen LogP contribution in [0.3, 0.4) is 0 Å². The fraction of sp³-hybridized carbons (Fsp3) is 0.227. The van der Waals surface area contributed by atoms with Crippen molar-refractivity contribution < 1.29 is 22.8 Å². The summed E-state index contributed by atoms with van der Waals surface area (Å²) >= 11 is 0. The second-order valence-electron chi connectivity index (χ2n) is 7.45. The monoisotopic (exact) mass is 428 g/mol. The Morgan fingerprint density at radius 2 is 1.77 bits per heavy atom. The SMILES string of the molecule is C=C(C(N)=O)C1CCN(C(=O)c2nn(-c3ccc(C(F)(F)F)cc3)c3ccccc23)C1. The van der Waals surface area contributed by atoms with Gasteiger partial charge in [-0.2, -0.15) is 18.3 Å². The highest BCUT2D eigenvalue weighted by Crippen LogP contribution is 2.31. The molecule has 0 spiro atoms. The molecule has 1 aromatic heterocycles. The van der Waals surface area contributed by atoms with Gasteiger partial charge in [0.15, 0.2) is 5.69 Å². The summed E-state index contributed by atoms with van der Waals surface area (Å²) < 4.78 is 40.1. The number of para-hydroxylation sites is 1. The predicted octanol–water partition coefficient (Wildman–Crippen LogP) is 3.55. The summed E-state index contributed by atoms with van der Waals surface area (Å²) in [5.74, 6) is -1.11. The van der Waals surface area contributed by atoms with Crippen LogP contribution in [0, 0.1) is 5.92 Å². The molecule has 1 saturated heterocycles. The second kappa shape index (κ2) is 7.57. The molecular weight excluding hydrogens is 409 g/mol. The number of halogens is 3. The molecule has 2 aromatic carbocycles. The Labute approximate surface area is 175 Å². The summed E-state index contributed by atoms with van der Waals surface area (Å²) in [5.41, 5.74) is 6.03. The van der Waals surface area contributed by atoms with Crippen molar-refractivity contribution in [2.75, 3.05) is 13.1 Å². The third-order valence-corrected chi connectivity index (χ3v) is 5.51. The molecule has 1 unspecified atom stereocenters. The van der Waals surface area contributed by atoms with Crippen LogP contribution in [0.15, 0.2) is 60.7 Å². The lowest BCUT2D eigenvalue weighted by molar-refractivity contribution is -0.137. The number of carbonyl (C=O) groups is 2. The highest BCUT2D eigenvalue weighted by Gasteiger charge is 2.33. The molecule has 4 rings (SSSR count). The summed E-state index contributed by atoms with van der Waals surface area (Å²) in [4.78, 5) is 26.2. The van der Waals surface area contributed by atoms with Gasteiger partial charge in [0.1, 0.15) is 0 Å². The first-order valence-electron chi connectivity index (χ1n) is 9.60. The van der Waals surface area contributed by atoms with Crippen LogP contribution in [0.4, 0.5) is 13.2 Å². The fourth-order valence-electron chi connectivity index (χ4n) is 3.79. The van der Waals surface area contributed by atoms with E-state index in [4.69, 9.17) is 5.73 Å². The number of nitrogens with zero attached hydrogens (tertiary/aromatic N) is 3. The van der Waals surface area contributed by atoms with Crippen LogP contribution in [0.25, 0.3) is 16.6 Å². The van der Waals surface area contributed by atoms with Gasteiger partial charge in [-0.3, -0.25) is 9.59 Å². The molecule has 1 aliphatic rings. The van der Waals surface area contributed by atoms with Gasteiger partial charge in [-0.15, -0.1) is 0 Å². The van der Waals surface area contributed by atoms with Crippen molar-refractivity contribution in [2.24, 2.45) is 11.7 Å². The lowest BCUT2D eigenvalue weighted by atomic mass is 9.99. The molecular formula is C22H19F3N4O2. The average Bonchev–Trinajstić information content (AvgIpc) is 3.38. The number of aromatic nitrogens is 2. The normalized spacial score (nSPS) is 16.6. The molecule has 0 saturated carbocycles. The van der Waals surface area contributed by atoms with E-state index in [0.29, 0.717) is 36.1 Å². The predicted molar refractivity (Wildman–Crippen MR) is 108 cm³/mol. The van der Waals surface area contributed by atoms with Gasteiger partial charge in [-0.1, -0.05) is 24.8 Å². The number of carbonyl (C=O) groups excluding carboxylic acids is 2. The lowest BCUT2D eigenvalue weighted by Gasteiger charge is -2.15. The molecule has 2 heterocycles. The Bertz CT molecular complexity index is 1180. The molecule has 9 heteroatoms. The molecule has 0 bridgehead atoms. The quantitative estimate of drug-likeness (QED) is 0.646. The maximum Gasteiger partial charge on any atom is 0.416 e. The standard InChI is InChI=1S/C22H19F3N4O2/c1-13(20(26)30)14-10-11-28(12-14)21(31)19-17-4-2-3-5-18(17)29(27-19)16-8-6-15(7-9-16)22(23,24)25/h2-9,14H,1,10-12H2,(H2,26,30). The van der Waals surface area contributed by atoms with E-state index < -0.39 is 17.6 Å². The highest BCUT2D eigenvalue weighted by molar-refractivity contribution is 6.05. The van der Waals surface area contributed by atoms with E-state index in [1.54, 1.807) is 29.2 Å². The first-order valence-corrected chi connectivity index (χ1v) is 9.60. The van der Waals surface area contributed by atoms with E-state index in [1.807, 2.05) is 0 Å². The van der Waals surface area contributed by atoms with Crippen molar-refractivity contribution in [3.05, 3.63) is 71.9 Å². The Kier molecular flexibility index (Phi) is 5.04. The summed E-state index contributed by atoms with van der Waals surface area (Å²) in [6.07, 6.45) is -3.86. The first-order chi connectivity index (χ1) is 14.7. The van der Waals surface area contributed by atoms with Gasteiger partial charge in [0.2, 0.25) is 5.91 Å². The zero-order chi connectivity index (χ0) is 22.3. The average molecular weight is 428 g/mol. The van der Waals surface area contributed by atoms with Crippen LogP contribution >= 0.6 is 0 Å². The van der Waals surface area contributed by atoms with Crippen molar-refractivity contribution in [2.45, 2.75) is 12.6 Å². The topological polar surface area (TPSA) is 81.2 Å². The van der Waals surface area contributed by atoms with E-state index in [2.05, 4.69) is 11.7 Å². The number of nitrogens with two attached hydrogens (primary N) is 1. The minimum atomic E-state index is -4.44. The Morgan fingerprint density at radius 3 is 2.42 bits per heavy atom. The smallest absolute Gasteiger partial charge is 0.366 e. The van der Waals surface area contributed by atoms with Crippen molar-refractivity contribution in [1.29, 1.82) is 0 Å². The minimum absolute atomic E-state index is 0.195. The largest absolute Gasteiger partial charge is 0.416 e. The number of fused-ring (bicyclic) bond motifs is 1. The molecule has 1 atom stereocenters. The van der Waals surface area contributed by atoms with Crippen molar-refractivity contribution >= 4 is 22.7 Å². The van der Waals surface area contributed by atoms with Crippen LogP contribution in [-0.4, -0.2) is 39.6 Å². The van der Waals surface area contributed by atoms with E-state index in [1.165, 1.54) is 16.8 Å². The van der Waals surface area contributed by atoms with E-state index in [9.17, 15) is 22.8 Å². The van der Waals surface area contributed by atoms with Gasteiger partial charge in [-0.05, 0) is 36.8 Å². The first kappa shape index (κ1) is 20.6. The number of amides is 2. The Hall–Kier alpha value is -3.62. The summed E-state index contributed by atoms with van der Waals surface area (Å²) in [6, 6.07) is 11.6. The van der Waals surface area contributed by atoms with Crippen molar-refractivity contribution in [3.63, 3.8) is 0 Å². The van der Waals surface area contributed by atoms with Gasteiger partial charge < -0.3 is 10.6 Å². The Balaban J connectivity index is 1.68. The van der Waals surface area contributed by atoms with Crippen molar-refractivity contribution in [3.8, 4) is 5.69 Å². The number of rotatable bonds is 4. The second-order valence-corrected chi connectivity index (χ2v) is 7.45. The third kappa shape index (κ3) is 3.78. The zero-order valence-corrected chi connectivity index (χ0v) is 16.4. The Morgan fingerprint density at radius 1 is 1.10 bits per heavy atom. The van der Waals surface area contributed by atoms with E-state index >= 15 is 0 Å². The van der Waals surface area contributed by atoms with Crippen LogP contribution in [0.5, 0.6) is 0 Å². The lowest BCUT2D eigenvalue weighted by Crippen LogP contribution is -2.30. The molecule has 1 fully saturated rings. The summed E-state index contributed by atoms with van der Waals surface area (Å²) in [6.45, 7) is 4.44. The number of alkyl halides is 3. The molecule has 3 aromatic rings. The van der Waals surface area contributed by atoms with Crippen LogP contribution in [0.1, 0.15) is 22.5 Å². The summed E-state index contributed by atoms with van der Waals surface area (Å²) in [5, 5.41) is 5.02. The number of likely N-dealkylation sites (tertiary alicyclic amines) is 1. The molecule has 1 aliphatic heterocycles. The van der Waals surface area contributed by atoms with Crippen molar-refractivity contribution in [1.82, 2.24) is 14.7 Å². The van der Waals surface area contributed by atoms with Crippen LogP contribution in [-0.2, 0) is 11.0 Å². The zero-order valence-electron chi connectivity index (χ0n) is 16.4. The van der Waals surface area contributed by atoms with E-state index in [-0.39, 0.29) is 23.1 Å². The van der Waals surface area contributed by atoms with Gasteiger partial charge in [-0.25, -0.2) is 4.68 Å². The third-order valence-electron chi connectivity index (χ3n) is 5.51. The maximum absolute atomic E-state index is 13.2. The molecule has 2 amide bonds. The van der Waals surface area contributed by atoms with E-state index in [0.717, 1.165) is 12.1 Å². The van der Waals surface area contributed by atoms with Gasteiger partial charge in [0, 0.05) is 30.0 Å². The number of hydrogen-bond donors (Lipinski definition) is 1. The maximum atomic E-state index is 13.2. The van der Waals surface area contributed by atoms with Crippen LogP contribution < -0.4 is 5.73 Å². The summed E-state index contributed by atoms with van der Waals surface area (Å²) in [7, 11) is 0. The number of hydrogen-bond acceptors (Lipinski definition) is 3. The van der Waals surface area contributed by atoms with Gasteiger partial charge >= 0.3 is 6.18 Å². The molecule has 0 radical (unpaired) electrons. The highest BCUT2D eigenvalue weighted by atomic mass is 19.4. The molecule has 160 valence electrons. The van der Waals surface area contributed by atoms with Gasteiger partial charge in [0.25, 0.3) is 5.91 Å². The molecule has 31 heavy (non-hydrogen) atoms. The fourth-order valence-corrected chi connectivity index (χ4v) is 3.79. The van der Waals surface area contributed by atoms with Crippen LogP contribution in [0.2, 0.25) is 0 Å². The number of primary amides is 1. The minimum Gasteiger partial charge on any atom is -0.366 e. The van der Waals surface area contributed by atoms with Gasteiger partial charge in [0.05, 0.1) is 16.8 Å². The number of benzene rings is 2.